The van der Waals surface area contributed by atoms with Crippen LogP contribution in [0.1, 0.15) is 31.4 Å². The monoisotopic (exact) mass is 555 g/mol. The molecule has 0 spiro atoms. The first-order valence-corrected chi connectivity index (χ1v) is 14.1. The van der Waals surface area contributed by atoms with Gasteiger partial charge in [-0.2, -0.15) is 0 Å². The lowest BCUT2D eigenvalue weighted by Crippen LogP contribution is -2.52. The second-order valence-electron chi connectivity index (χ2n) is 8.99. The third-order valence-corrected chi connectivity index (χ3v) is 8.01. The number of halogens is 1. The number of amides is 2. The minimum atomic E-state index is -4.22. The van der Waals surface area contributed by atoms with E-state index < -0.39 is 34.3 Å². The fourth-order valence-electron chi connectivity index (χ4n) is 4.15. The second-order valence-corrected chi connectivity index (χ2v) is 10.9. The number of anilines is 1. The maximum Gasteiger partial charge on any atom is 0.264 e. The summed E-state index contributed by atoms with van der Waals surface area (Å²) in [4.78, 5) is 28.3. The van der Waals surface area contributed by atoms with Crippen LogP contribution in [0.3, 0.4) is 0 Å². The van der Waals surface area contributed by atoms with Gasteiger partial charge in [-0.25, -0.2) is 12.8 Å². The molecule has 3 rings (SSSR count). The Morgan fingerprint density at radius 1 is 1.00 bits per heavy atom. The molecule has 0 saturated heterocycles. The van der Waals surface area contributed by atoms with E-state index in [0.717, 1.165) is 22.0 Å². The van der Waals surface area contributed by atoms with Crippen molar-refractivity contribution in [1.82, 2.24) is 10.2 Å². The number of carbonyl (C=O) groups is 2. The minimum Gasteiger partial charge on any atom is -0.497 e. The molecule has 3 aromatic carbocycles. The van der Waals surface area contributed by atoms with Gasteiger partial charge < -0.3 is 15.0 Å². The van der Waals surface area contributed by atoms with Crippen molar-refractivity contribution in [2.45, 2.75) is 44.7 Å². The van der Waals surface area contributed by atoms with Crippen LogP contribution in [-0.4, -0.2) is 51.4 Å². The number of carbonyl (C=O) groups excluding carboxylic acids is 2. The van der Waals surface area contributed by atoms with Gasteiger partial charge in [-0.1, -0.05) is 36.8 Å². The fourth-order valence-corrected chi connectivity index (χ4v) is 5.57. The van der Waals surface area contributed by atoms with Crippen LogP contribution in [-0.2, 0) is 26.2 Å². The number of nitrogens with one attached hydrogen (secondary N) is 1. The Morgan fingerprint density at radius 3 is 2.26 bits per heavy atom. The summed E-state index contributed by atoms with van der Waals surface area (Å²) in [6, 6.07) is 17.4. The van der Waals surface area contributed by atoms with Crippen LogP contribution in [0.2, 0.25) is 0 Å². The van der Waals surface area contributed by atoms with E-state index in [9.17, 15) is 22.4 Å². The predicted molar refractivity (Wildman–Crippen MR) is 148 cm³/mol. The normalized spacial score (nSPS) is 11.9. The molecular weight excluding hydrogens is 521 g/mol. The van der Waals surface area contributed by atoms with Crippen LogP contribution in [0.15, 0.2) is 77.7 Å². The summed E-state index contributed by atoms with van der Waals surface area (Å²) >= 11 is 0. The molecule has 10 heteroatoms. The highest BCUT2D eigenvalue weighted by molar-refractivity contribution is 7.92. The molecule has 0 aliphatic heterocycles. The molecular formula is C29H34FN3O5S. The number of hydrogen-bond donors (Lipinski definition) is 1. The largest absolute Gasteiger partial charge is 0.497 e. The molecule has 0 bridgehead atoms. The van der Waals surface area contributed by atoms with Crippen molar-refractivity contribution in [1.29, 1.82) is 0 Å². The number of sulfonamides is 1. The molecule has 1 N–H and O–H groups in total. The lowest BCUT2D eigenvalue weighted by molar-refractivity contribution is -0.140. The van der Waals surface area contributed by atoms with Crippen molar-refractivity contribution in [2.75, 3.05) is 24.5 Å². The van der Waals surface area contributed by atoms with Crippen molar-refractivity contribution in [3.8, 4) is 5.75 Å². The zero-order chi connectivity index (χ0) is 28.6. The van der Waals surface area contributed by atoms with Crippen LogP contribution in [0, 0.1) is 12.7 Å². The molecule has 0 radical (unpaired) electrons. The van der Waals surface area contributed by atoms with Gasteiger partial charge >= 0.3 is 0 Å². The Kier molecular flexibility index (Phi) is 10.1. The van der Waals surface area contributed by atoms with Gasteiger partial charge in [-0.05, 0) is 74.4 Å². The Morgan fingerprint density at radius 2 is 1.67 bits per heavy atom. The Bertz CT molecular complexity index is 1380. The summed E-state index contributed by atoms with van der Waals surface area (Å²) in [7, 11) is -2.69. The van der Waals surface area contributed by atoms with Gasteiger partial charge in [0.05, 0.1) is 17.7 Å². The van der Waals surface area contributed by atoms with E-state index in [-0.39, 0.29) is 23.0 Å². The van der Waals surface area contributed by atoms with Gasteiger partial charge in [0, 0.05) is 13.1 Å². The lowest BCUT2D eigenvalue weighted by atomic mass is 10.1. The summed E-state index contributed by atoms with van der Waals surface area (Å²) in [6.07, 6.45) is 0.308. The first-order chi connectivity index (χ1) is 18.6. The first kappa shape index (κ1) is 29.6. The molecule has 0 aromatic heterocycles. The van der Waals surface area contributed by atoms with Crippen LogP contribution in [0.25, 0.3) is 0 Å². The zero-order valence-electron chi connectivity index (χ0n) is 22.6. The quantitative estimate of drug-likeness (QED) is 0.360. The second kappa shape index (κ2) is 13.2. The van der Waals surface area contributed by atoms with E-state index >= 15 is 0 Å². The highest BCUT2D eigenvalue weighted by Crippen LogP contribution is 2.26. The van der Waals surface area contributed by atoms with E-state index in [1.165, 1.54) is 36.3 Å². The van der Waals surface area contributed by atoms with Crippen molar-refractivity contribution in [2.24, 2.45) is 0 Å². The molecule has 1 atom stereocenters. The SMILES string of the molecule is CCNC(=O)C(CC)N(Cc1cccc(OC)c1)C(=O)CN(c1ccc(F)cc1)S(=O)(=O)c1ccc(C)cc1. The fraction of sp³-hybridized carbons (Fsp3) is 0.310. The van der Waals surface area contributed by atoms with E-state index in [2.05, 4.69) is 5.32 Å². The van der Waals surface area contributed by atoms with Gasteiger partial charge in [0.25, 0.3) is 10.0 Å². The number of rotatable bonds is 12. The number of likely N-dealkylation sites (N-methyl/N-ethyl adjacent to an activating group) is 1. The van der Waals surface area contributed by atoms with Gasteiger partial charge in [0.15, 0.2) is 0 Å². The van der Waals surface area contributed by atoms with E-state index in [1.807, 2.05) is 6.92 Å². The molecule has 8 nitrogen and oxygen atoms in total. The number of aryl methyl sites for hydroxylation is 1. The van der Waals surface area contributed by atoms with E-state index in [0.29, 0.717) is 24.3 Å². The third-order valence-electron chi connectivity index (χ3n) is 6.23. The summed E-state index contributed by atoms with van der Waals surface area (Å²) in [5, 5.41) is 2.76. The van der Waals surface area contributed by atoms with Crippen LogP contribution >= 0.6 is 0 Å². The topological polar surface area (TPSA) is 96.0 Å². The highest BCUT2D eigenvalue weighted by atomic mass is 32.2. The number of hydrogen-bond acceptors (Lipinski definition) is 5. The minimum absolute atomic E-state index is 0.0136. The van der Waals surface area contributed by atoms with Crippen LogP contribution in [0.4, 0.5) is 10.1 Å². The Balaban J connectivity index is 2.06. The molecule has 0 saturated carbocycles. The van der Waals surface area contributed by atoms with Crippen molar-refractivity contribution in [3.63, 3.8) is 0 Å². The maximum atomic E-state index is 13.9. The standard InChI is InChI=1S/C29H34FN3O5S/c1-5-27(29(35)31-6-2)32(19-22-8-7-9-25(18-22)38-4)28(34)20-33(24-14-12-23(30)13-15-24)39(36,37)26-16-10-21(3)11-17-26/h7-18,27H,5-6,19-20H2,1-4H3,(H,31,35). The smallest absolute Gasteiger partial charge is 0.264 e. The van der Waals surface area contributed by atoms with Gasteiger partial charge in [0.1, 0.15) is 24.2 Å². The molecule has 208 valence electrons. The van der Waals surface area contributed by atoms with Gasteiger partial charge in [0.2, 0.25) is 11.8 Å². The third kappa shape index (κ3) is 7.35. The molecule has 0 aliphatic carbocycles. The molecule has 0 aliphatic rings. The average molecular weight is 556 g/mol. The maximum absolute atomic E-state index is 13.9. The number of ether oxygens (including phenoxy) is 1. The summed E-state index contributed by atoms with van der Waals surface area (Å²) < 4.78 is 47.5. The molecule has 2 amide bonds. The number of methoxy groups -OCH3 is 1. The summed E-state index contributed by atoms with van der Waals surface area (Å²) in [5.41, 5.74) is 1.70. The zero-order valence-corrected chi connectivity index (χ0v) is 23.4. The summed E-state index contributed by atoms with van der Waals surface area (Å²) in [6.45, 7) is 5.23. The van der Waals surface area contributed by atoms with E-state index in [1.54, 1.807) is 50.2 Å². The molecule has 0 heterocycles. The number of benzene rings is 3. The van der Waals surface area contributed by atoms with E-state index in [4.69, 9.17) is 4.74 Å². The van der Waals surface area contributed by atoms with Crippen molar-refractivity contribution < 1.29 is 27.1 Å². The lowest BCUT2D eigenvalue weighted by Gasteiger charge is -2.33. The molecule has 3 aromatic rings. The molecule has 0 fully saturated rings. The first-order valence-electron chi connectivity index (χ1n) is 12.7. The van der Waals surface area contributed by atoms with Crippen LogP contribution < -0.4 is 14.4 Å². The molecule has 1 unspecified atom stereocenters. The Labute approximate surface area is 229 Å². The Hall–Kier alpha value is -3.92. The number of nitrogens with zero attached hydrogens (tertiary/aromatic N) is 2. The van der Waals surface area contributed by atoms with Gasteiger partial charge in [-0.15, -0.1) is 0 Å². The summed E-state index contributed by atoms with van der Waals surface area (Å²) in [5.74, 6) is -0.887. The molecule has 39 heavy (non-hydrogen) atoms. The predicted octanol–water partition coefficient (Wildman–Crippen LogP) is 4.28. The van der Waals surface area contributed by atoms with Gasteiger partial charge in [-0.3, -0.25) is 13.9 Å². The average Bonchev–Trinajstić information content (AvgIpc) is 2.92. The van der Waals surface area contributed by atoms with Crippen molar-refractivity contribution >= 4 is 27.5 Å². The van der Waals surface area contributed by atoms with Crippen molar-refractivity contribution in [3.05, 3.63) is 89.7 Å². The highest BCUT2D eigenvalue weighted by Gasteiger charge is 2.33. The van der Waals surface area contributed by atoms with Crippen LogP contribution in [0.5, 0.6) is 5.75 Å².